The van der Waals surface area contributed by atoms with Crippen molar-refractivity contribution in [1.82, 2.24) is 9.80 Å². The Morgan fingerprint density at radius 2 is 1.66 bits per heavy atom. The molecule has 1 aromatic heterocycles. The van der Waals surface area contributed by atoms with Gasteiger partial charge in [-0.15, -0.1) is 0 Å². The lowest BCUT2D eigenvalue weighted by molar-refractivity contribution is -0.137. The molecular formula is C25H26F3N3O4. The van der Waals surface area contributed by atoms with Crippen LogP contribution in [0.3, 0.4) is 0 Å². The Balaban J connectivity index is 1.78. The molecule has 10 heteroatoms. The molecule has 7 nitrogen and oxygen atoms in total. The van der Waals surface area contributed by atoms with Gasteiger partial charge in [0.15, 0.2) is 0 Å². The van der Waals surface area contributed by atoms with Crippen molar-refractivity contribution in [2.45, 2.75) is 19.3 Å². The van der Waals surface area contributed by atoms with Crippen LogP contribution in [0.4, 0.5) is 23.7 Å². The van der Waals surface area contributed by atoms with Gasteiger partial charge in [-0.05, 0) is 29.8 Å². The van der Waals surface area contributed by atoms with Gasteiger partial charge >= 0.3 is 12.2 Å². The molecule has 35 heavy (non-hydrogen) atoms. The van der Waals surface area contributed by atoms with E-state index in [1.807, 2.05) is 30.3 Å². The molecule has 0 aliphatic carbocycles. The second-order valence-electron chi connectivity index (χ2n) is 7.70. The number of benzene rings is 2. The number of rotatable bonds is 10. The van der Waals surface area contributed by atoms with E-state index >= 15 is 0 Å². The molecule has 0 radical (unpaired) electrons. The Bertz CT molecular complexity index is 1090. The molecule has 0 aliphatic heterocycles. The molecule has 0 saturated carbocycles. The van der Waals surface area contributed by atoms with Gasteiger partial charge in [-0.25, -0.2) is 4.79 Å². The van der Waals surface area contributed by atoms with E-state index in [-0.39, 0.29) is 32.8 Å². The lowest BCUT2D eigenvalue weighted by Gasteiger charge is -2.28. The molecule has 0 spiro atoms. The Hall–Kier alpha value is -3.79. The Morgan fingerprint density at radius 1 is 0.943 bits per heavy atom. The molecule has 1 heterocycles. The number of methoxy groups -OCH3 is 1. The monoisotopic (exact) mass is 489 g/mol. The first-order valence-electron chi connectivity index (χ1n) is 10.8. The van der Waals surface area contributed by atoms with Crippen molar-refractivity contribution in [2.75, 3.05) is 32.1 Å². The molecule has 3 aromatic rings. The Labute approximate surface area is 201 Å². The number of ether oxygens (including phenoxy) is 1. The van der Waals surface area contributed by atoms with Gasteiger partial charge < -0.3 is 24.3 Å². The summed E-state index contributed by atoms with van der Waals surface area (Å²) in [4.78, 5) is 28.8. The average Bonchev–Trinajstić information content (AvgIpc) is 3.34. The molecule has 3 amide bonds. The van der Waals surface area contributed by atoms with Gasteiger partial charge in [-0.1, -0.05) is 42.5 Å². The summed E-state index contributed by atoms with van der Waals surface area (Å²) in [5.41, 5.74) is -0.495. The number of nitrogens with one attached hydrogen (secondary N) is 1. The van der Waals surface area contributed by atoms with E-state index in [1.54, 1.807) is 12.1 Å². The summed E-state index contributed by atoms with van der Waals surface area (Å²) < 4.78 is 50.5. The van der Waals surface area contributed by atoms with Gasteiger partial charge in [0, 0.05) is 20.2 Å². The minimum atomic E-state index is -4.65. The number of alkyl halides is 3. The van der Waals surface area contributed by atoms with Crippen LogP contribution < -0.4 is 5.32 Å². The summed E-state index contributed by atoms with van der Waals surface area (Å²) in [5, 5.41) is 2.29. The summed E-state index contributed by atoms with van der Waals surface area (Å²) in [6.07, 6.45) is -3.15. The molecule has 186 valence electrons. The summed E-state index contributed by atoms with van der Waals surface area (Å²) in [6.45, 7) is 0.159. The minimum absolute atomic E-state index is 0.00217. The number of carbonyl (C=O) groups is 2. The van der Waals surface area contributed by atoms with Crippen LogP contribution in [0.5, 0.6) is 0 Å². The van der Waals surface area contributed by atoms with Crippen molar-refractivity contribution in [2.24, 2.45) is 0 Å². The first-order chi connectivity index (χ1) is 16.8. The molecule has 0 unspecified atom stereocenters. The standard InChI is InChI=1S/C25H26F3N3O4/c1-34-15-13-30(24(33)29-22-12-6-5-11-21(22)25(26,27)28)18-23(32)31(17-20-10-7-14-35-20)16-19-8-3-2-4-9-19/h2-12,14H,13,15-18H2,1H3,(H,29,33). The third kappa shape index (κ3) is 7.61. The molecule has 0 aliphatic rings. The average molecular weight is 489 g/mol. The summed E-state index contributed by atoms with van der Waals surface area (Å²) >= 11 is 0. The first-order valence-corrected chi connectivity index (χ1v) is 10.8. The molecule has 0 atom stereocenters. The van der Waals surface area contributed by atoms with Gasteiger partial charge in [0.25, 0.3) is 0 Å². The second-order valence-corrected chi connectivity index (χ2v) is 7.70. The number of hydrogen-bond acceptors (Lipinski definition) is 4. The quantitative estimate of drug-likeness (QED) is 0.435. The van der Waals surface area contributed by atoms with Gasteiger partial charge in [-0.2, -0.15) is 13.2 Å². The topological polar surface area (TPSA) is 75.0 Å². The predicted molar refractivity (Wildman–Crippen MR) is 123 cm³/mol. The van der Waals surface area contributed by atoms with Crippen LogP contribution >= 0.6 is 0 Å². The highest BCUT2D eigenvalue weighted by atomic mass is 19.4. The number of furan rings is 1. The highest BCUT2D eigenvalue weighted by Gasteiger charge is 2.34. The zero-order chi connectivity index (χ0) is 25.3. The maximum absolute atomic E-state index is 13.4. The maximum atomic E-state index is 13.4. The first kappa shape index (κ1) is 25.8. The maximum Gasteiger partial charge on any atom is 0.418 e. The van der Waals surface area contributed by atoms with E-state index < -0.39 is 29.4 Å². The fraction of sp³-hybridized carbons (Fsp3) is 0.280. The van der Waals surface area contributed by atoms with Crippen LogP contribution in [0.2, 0.25) is 0 Å². The lowest BCUT2D eigenvalue weighted by atomic mass is 10.1. The van der Waals surface area contributed by atoms with Crippen molar-refractivity contribution >= 4 is 17.6 Å². The number of hydrogen-bond donors (Lipinski definition) is 1. The van der Waals surface area contributed by atoms with Crippen molar-refractivity contribution in [3.8, 4) is 0 Å². The van der Waals surface area contributed by atoms with Crippen molar-refractivity contribution in [1.29, 1.82) is 0 Å². The van der Waals surface area contributed by atoms with Gasteiger partial charge in [0.1, 0.15) is 12.3 Å². The van der Waals surface area contributed by atoms with Crippen LogP contribution in [0.25, 0.3) is 0 Å². The van der Waals surface area contributed by atoms with Crippen LogP contribution in [0.15, 0.2) is 77.4 Å². The number of nitrogens with zero attached hydrogens (tertiary/aromatic N) is 2. The van der Waals surface area contributed by atoms with Gasteiger partial charge in [0.2, 0.25) is 5.91 Å². The van der Waals surface area contributed by atoms with Crippen molar-refractivity contribution in [3.63, 3.8) is 0 Å². The smallest absolute Gasteiger partial charge is 0.418 e. The van der Waals surface area contributed by atoms with Crippen LogP contribution in [0.1, 0.15) is 16.9 Å². The SMILES string of the molecule is COCCN(CC(=O)N(Cc1ccccc1)Cc1ccco1)C(=O)Nc1ccccc1C(F)(F)F. The molecule has 0 saturated heterocycles. The molecule has 1 N–H and O–H groups in total. The van der Waals surface area contributed by atoms with E-state index in [9.17, 15) is 22.8 Å². The zero-order valence-corrected chi connectivity index (χ0v) is 19.1. The number of amides is 3. The van der Waals surface area contributed by atoms with Gasteiger partial charge in [-0.3, -0.25) is 4.79 Å². The number of anilines is 1. The predicted octanol–water partition coefficient (Wildman–Crippen LogP) is 5.01. The largest absolute Gasteiger partial charge is 0.467 e. The van der Waals surface area contributed by atoms with Crippen LogP contribution in [-0.4, -0.2) is 48.5 Å². The fourth-order valence-electron chi connectivity index (χ4n) is 3.38. The normalized spacial score (nSPS) is 11.2. The number of urea groups is 1. The van der Waals surface area contributed by atoms with Gasteiger partial charge in [0.05, 0.1) is 30.7 Å². The third-order valence-corrected chi connectivity index (χ3v) is 5.15. The molecule has 2 aromatic carbocycles. The number of halogens is 3. The molecule has 0 bridgehead atoms. The highest BCUT2D eigenvalue weighted by Crippen LogP contribution is 2.34. The Morgan fingerprint density at radius 3 is 2.31 bits per heavy atom. The van der Waals surface area contributed by atoms with E-state index in [0.717, 1.165) is 22.6 Å². The second kappa shape index (κ2) is 12.1. The van der Waals surface area contributed by atoms with E-state index in [1.165, 1.54) is 30.4 Å². The highest BCUT2D eigenvalue weighted by molar-refractivity contribution is 5.93. The zero-order valence-electron chi connectivity index (χ0n) is 19.1. The molecule has 3 rings (SSSR count). The summed E-state index contributed by atoms with van der Waals surface area (Å²) in [5.74, 6) is 0.155. The van der Waals surface area contributed by atoms with Crippen LogP contribution in [0, 0.1) is 0 Å². The van der Waals surface area contributed by atoms with Crippen LogP contribution in [-0.2, 0) is 28.8 Å². The molecule has 0 fully saturated rings. The van der Waals surface area contributed by atoms with Crippen molar-refractivity contribution in [3.05, 3.63) is 89.9 Å². The van der Waals surface area contributed by atoms with E-state index in [2.05, 4.69) is 5.32 Å². The molecular weight excluding hydrogens is 463 g/mol. The fourth-order valence-corrected chi connectivity index (χ4v) is 3.38. The van der Waals surface area contributed by atoms with E-state index in [0.29, 0.717) is 5.76 Å². The lowest BCUT2D eigenvalue weighted by Crippen LogP contribution is -2.45. The van der Waals surface area contributed by atoms with Crippen molar-refractivity contribution < 1.29 is 31.9 Å². The summed E-state index contributed by atoms with van der Waals surface area (Å²) in [7, 11) is 1.43. The third-order valence-electron chi connectivity index (χ3n) is 5.15. The van der Waals surface area contributed by atoms with E-state index in [4.69, 9.17) is 9.15 Å². The minimum Gasteiger partial charge on any atom is -0.467 e. The number of carbonyl (C=O) groups excluding carboxylic acids is 2. The Kier molecular flexibility index (Phi) is 8.91. The summed E-state index contributed by atoms with van der Waals surface area (Å²) in [6, 6.07) is 16.6. The number of para-hydroxylation sites is 1.